The maximum atomic E-state index is 12.0. The Morgan fingerprint density at radius 2 is 1.72 bits per heavy atom. The Balaban J connectivity index is 1.73. The van der Waals surface area contributed by atoms with Gasteiger partial charge in [0.05, 0.1) is 12.6 Å². The van der Waals surface area contributed by atoms with E-state index in [1.165, 1.54) is 5.56 Å². The molecule has 0 saturated heterocycles. The number of carbonyl (C=O) groups excluding carboxylic acids is 2. The third-order valence-corrected chi connectivity index (χ3v) is 4.45. The number of benzene rings is 2. The summed E-state index contributed by atoms with van der Waals surface area (Å²) in [6.07, 6.45) is 0. The van der Waals surface area contributed by atoms with Crippen LogP contribution in [0, 0.1) is 6.92 Å². The topological polar surface area (TPSA) is 70.2 Å². The van der Waals surface area contributed by atoms with Gasteiger partial charge in [0.1, 0.15) is 0 Å². The minimum Gasteiger partial charge on any atom is -0.348 e. The number of rotatable bonds is 6. The predicted molar refractivity (Wildman–Crippen MR) is 102 cm³/mol. The largest absolute Gasteiger partial charge is 0.348 e. The van der Waals surface area contributed by atoms with Crippen LogP contribution in [0.2, 0.25) is 0 Å². The van der Waals surface area contributed by atoms with E-state index in [1.807, 2.05) is 62.4 Å². The number of amides is 3. The first kappa shape index (κ1) is 19.0. The van der Waals surface area contributed by atoms with E-state index in [1.54, 1.807) is 0 Å². The van der Waals surface area contributed by atoms with Crippen LogP contribution in [-0.2, 0) is 11.3 Å². The molecule has 0 radical (unpaired) electrons. The normalized spacial score (nSPS) is 11.5. The fourth-order valence-corrected chi connectivity index (χ4v) is 2.94. The Morgan fingerprint density at radius 1 is 1.04 bits per heavy atom. The van der Waals surface area contributed by atoms with Gasteiger partial charge in [-0.3, -0.25) is 4.79 Å². The Kier molecular flexibility index (Phi) is 7.01. The van der Waals surface area contributed by atoms with Crippen molar-refractivity contribution < 1.29 is 9.59 Å². The first-order chi connectivity index (χ1) is 12.0. The molecule has 3 amide bonds. The van der Waals surface area contributed by atoms with Crippen LogP contribution < -0.4 is 16.0 Å². The fraction of sp³-hybridized carbons (Fsp3) is 0.263. The lowest BCUT2D eigenvalue weighted by atomic mass is 10.1. The lowest BCUT2D eigenvalue weighted by Crippen LogP contribution is -2.42. The zero-order valence-electron chi connectivity index (χ0n) is 14.3. The SMILES string of the molecule is Cc1ccc(CNC(=O)NCC(=O)N[C@H](C)c2ccccc2Br)cc1. The van der Waals surface area contributed by atoms with Gasteiger partial charge in [-0.25, -0.2) is 4.79 Å². The summed E-state index contributed by atoms with van der Waals surface area (Å²) in [5.41, 5.74) is 3.16. The standard InChI is InChI=1S/C19H22BrN3O2/c1-13-7-9-15(10-8-13)11-21-19(25)22-12-18(24)23-14(2)16-5-3-4-6-17(16)20/h3-10,14H,11-12H2,1-2H3,(H,23,24)(H2,21,22,25)/t14-/m1/s1. The van der Waals surface area contributed by atoms with E-state index >= 15 is 0 Å². The van der Waals surface area contributed by atoms with Gasteiger partial charge in [-0.15, -0.1) is 0 Å². The van der Waals surface area contributed by atoms with E-state index < -0.39 is 0 Å². The second-order valence-electron chi connectivity index (χ2n) is 5.83. The molecule has 0 saturated carbocycles. The smallest absolute Gasteiger partial charge is 0.315 e. The molecule has 2 aromatic carbocycles. The van der Waals surface area contributed by atoms with Crippen molar-refractivity contribution in [2.75, 3.05) is 6.54 Å². The minimum atomic E-state index is -0.371. The molecule has 0 heterocycles. The summed E-state index contributed by atoms with van der Waals surface area (Å²) in [4.78, 5) is 23.8. The van der Waals surface area contributed by atoms with Gasteiger partial charge in [-0.1, -0.05) is 64.0 Å². The molecular weight excluding hydrogens is 382 g/mol. The molecular formula is C19H22BrN3O2. The highest BCUT2D eigenvalue weighted by Gasteiger charge is 2.12. The lowest BCUT2D eigenvalue weighted by molar-refractivity contribution is -0.120. The molecule has 5 nitrogen and oxygen atoms in total. The number of carbonyl (C=O) groups is 2. The van der Waals surface area contributed by atoms with Gasteiger partial charge < -0.3 is 16.0 Å². The molecule has 2 aromatic rings. The van der Waals surface area contributed by atoms with E-state index in [9.17, 15) is 9.59 Å². The quantitative estimate of drug-likeness (QED) is 0.691. The van der Waals surface area contributed by atoms with Gasteiger partial charge in [-0.05, 0) is 31.0 Å². The van der Waals surface area contributed by atoms with Crippen molar-refractivity contribution in [3.63, 3.8) is 0 Å². The van der Waals surface area contributed by atoms with E-state index in [0.717, 1.165) is 15.6 Å². The number of hydrogen-bond acceptors (Lipinski definition) is 2. The van der Waals surface area contributed by atoms with Crippen LogP contribution in [0.4, 0.5) is 4.79 Å². The van der Waals surface area contributed by atoms with Crippen molar-refractivity contribution in [1.29, 1.82) is 0 Å². The molecule has 6 heteroatoms. The summed E-state index contributed by atoms with van der Waals surface area (Å²) in [7, 11) is 0. The van der Waals surface area contributed by atoms with Gasteiger partial charge in [0.2, 0.25) is 5.91 Å². The lowest BCUT2D eigenvalue weighted by Gasteiger charge is -2.16. The van der Waals surface area contributed by atoms with Crippen LogP contribution in [0.1, 0.15) is 29.7 Å². The summed E-state index contributed by atoms with van der Waals surface area (Å²) in [5, 5.41) is 8.15. The third-order valence-electron chi connectivity index (χ3n) is 3.73. The molecule has 0 aliphatic heterocycles. The molecule has 1 atom stereocenters. The summed E-state index contributed by atoms with van der Waals surface area (Å²) >= 11 is 3.47. The highest BCUT2D eigenvalue weighted by atomic mass is 79.9. The van der Waals surface area contributed by atoms with Gasteiger partial charge in [0, 0.05) is 11.0 Å². The van der Waals surface area contributed by atoms with Crippen molar-refractivity contribution >= 4 is 27.9 Å². The van der Waals surface area contributed by atoms with E-state index in [2.05, 4.69) is 31.9 Å². The zero-order valence-corrected chi connectivity index (χ0v) is 15.9. The highest BCUT2D eigenvalue weighted by Crippen LogP contribution is 2.22. The molecule has 132 valence electrons. The van der Waals surface area contributed by atoms with E-state index in [-0.39, 0.29) is 24.5 Å². The molecule has 3 N–H and O–H groups in total. The van der Waals surface area contributed by atoms with Crippen LogP contribution in [0.25, 0.3) is 0 Å². The average molecular weight is 404 g/mol. The van der Waals surface area contributed by atoms with Crippen molar-refractivity contribution in [2.45, 2.75) is 26.4 Å². The molecule has 0 aliphatic rings. The van der Waals surface area contributed by atoms with Crippen LogP contribution in [0.15, 0.2) is 53.0 Å². The number of halogens is 1. The minimum absolute atomic E-state index is 0.0749. The van der Waals surface area contributed by atoms with Crippen molar-refractivity contribution in [2.24, 2.45) is 0 Å². The summed E-state index contributed by atoms with van der Waals surface area (Å²) in [6.45, 7) is 4.25. The first-order valence-corrected chi connectivity index (χ1v) is 8.86. The number of urea groups is 1. The van der Waals surface area contributed by atoms with Gasteiger partial charge >= 0.3 is 6.03 Å². The highest BCUT2D eigenvalue weighted by molar-refractivity contribution is 9.10. The van der Waals surface area contributed by atoms with Gasteiger partial charge in [-0.2, -0.15) is 0 Å². The van der Waals surface area contributed by atoms with Crippen LogP contribution in [0.5, 0.6) is 0 Å². The number of nitrogens with one attached hydrogen (secondary N) is 3. The van der Waals surface area contributed by atoms with Crippen LogP contribution in [0.3, 0.4) is 0 Å². The molecule has 25 heavy (non-hydrogen) atoms. The Labute approximate surface area is 156 Å². The second-order valence-corrected chi connectivity index (χ2v) is 6.69. The van der Waals surface area contributed by atoms with Crippen LogP contribution in [-0.4, -0.2) is 18.5 Å². The molecule has 2 rings (SSSR count). The van der Waals surface area contributed by atoms with Gasteiger partial charge in [0.25, 0.3) is 0 Å². The monoisotopic (exact) mass is 403 g/mol. The van der Waals surface area contributed by atoms with E-state index in [0.29, 0.717) is 6.54 Å². The van der Waals surface area contributed by atoms with Crippen molar-refractivity contribution in [3.05, 3.63) is 69.7 Å². The second kappa shape index (κ2) is 9.22. The maximum absolute atomic E-state index is 12.0. The fourth-order valence-electron chi connectivity index (χ4n) is 2.31. The first-order valence-electron chi connectivity index (χ1n) is 8.06. The molecule has 0 bridgehead atoms. The summed E-state index contributed by atoms with van der Waals surface area (Å²) < 4.78 is 0.937. The Morgan fingerprint density at radius 3 is 2.40 bits per heavy atom. The van der Waals surface area contributed by atoms with Crippen molar-refractivity contribution in [1.82, 2.24) is 16.0 Å². The number of aryl methyl sites for hydroxylation is 1. The van der Waals surface area contributed by atoms with Gasteiger partial charge in [0.15, 0.2) is 0 Å². The number of hydrogen-bond donors (Lipinski definition) is 3. The zero-order chi connectivity index (χ0) is 18.2. The molecule has 0 aliphatic carbocycles. The molecule has 0 aromatic heterocycles. The summed E-state index contributed by atoms with van der Waals surface area (Å²) in [5.74, 6) is -0.242. The predicted octanol–water partition coefficient (Wildman–Crippen LogP) is 3.43. The molecule has 0 fully saturated rings. The van der Waals surface area contributed by atoms with Crippen molar-refractivity contribution in [3.8, 4) is 0 Å². The average Bonchev–Trinajstić information content (AvgIpc) is 2.59. The van der Waals surface area contributed by atoms with E-state index in [4.69, 9.17) is 0 Å². The Bertz CT molecular complexity index is 732. The molecule has 0 spiro atoms. The third kappa shape index (κ3) is 6.23. The summed E-state index contributed by atoms with van der Waals surface area (Å²) in [6, 6.07) is 15.1. The molecule has 0 unspecified atom stereocenters. The maximum Gasteiger partial charge on any atom is 0.315 e. The Hall–Kier alpha value is -2.34. The van der Waals surface area contributed by atoms with Crippen LogP contribution >= 0.6 is 15.9 Å².